The number of esters is 1. The molecule has 0 atom stereocenters. The summed E-state index contributed by atoms with van der Waals surface area (Å²) in [5.41, 5.74) is 3.01. The van der Waals surface area contributed by atoms with Crippen LogP contribution < -0.4 is 10.6 Å². The monoisotopic (exact) mass is 521 g/mol. The van der Waals surface area contributed by atoms with Gasteiger partial charge in [-0.15, -0.1) is 0 Å². The fraction of sp³-hybridized carbons (Fsp3) is 0.562. The van der Waals surface area contributed by atoms with Gasteiger partial charge in [0.05, 0.1) is 18.8 Å². The predicted octanol–water partition coefficient (Wildman–Crippen LogP) is 7.29. The zero-order valence-electron chi connectivity index (χ0n) is 24.4. The van der Waals surface area contributed by atoms with Crippen molar-refractivity contribution < 1.29 is 14.3 Å². The molecule has 1 aliphatic carbocycles. The number of nitrogens with zero attached hydrogens (tertiary/aromatic N) is 1. The van der Waals surface area contributed by atoms with Crippen molar-refractivity contribution in [2.45, 2.75) is 104 Å². The normalized spacial score (nSPS) is 15.5. The van der Waals surface area contributed by atoms with Gasteiger partial charge in [0.2, 0.25) is 5.91 Å². The predicted molar refractivity (Wildman–Crippen MR) is 157 cm³/mol. The average molecular weight is 522 g/mol. The van der Waals surface area contributed by atoms with Gasteiger partial charge in [-0.2, -0.15) is 0 Å². The van der Waals surface area contributed by atoms with Crippen LogP contribution in [0.1, 0.15) is 104 Å². The third-order valence-corrected chi connectivity index (χ3v) is 7.15. The zero-order valence-corrected chi connectivity index (χ0v) is 24.4. The van der Waals surface area contributed by atoms with E-state index in [1.807, 2.05) is 56.0 Å². The molecule has 1 aliphatic rings. The molecule has 1 amide bonds. The van der Waals surface area contributed by atoms with E-state index in [2.05, 4.69) is 56.5 Å². The van der Waals surface area contributed by atoms with Gasteiger partial charge < -0.3 is 15.4 Å². The van der Waals surface area contributed by atoms with Crippen LogP contribution in [-0.4, -0.2) is 41.1 Å². The molecule has 2 aromatic carbocycles. The Kier molecular flexibility index (Phi) is 10.00. The summed E-state index contributed by atoms with van der Waals surface area (Å²) in [5.74, 6) is 0.0940. The smallest absolute Gasteiger partial charge is 0.320 e. The van der Waals surface area contributed by atoms with Crippen LogP contribution in [0.2, 0.25) is 0 Å². The molecule has 208 valence electrons. The molecular weight excluding hydrogens is 474 g/mol. The maximum atomic E-state index is 13.7. The summed E-state index contributed by atoms with van der Waals surface area (Å²) in [7, 11) is 0. The van der Waals surface area contributed by atoms with Crippen molar-refractivity contribution in [3.63, 3.8) is 0 Å². The number of para-hydroxylation sites is 2. The van der Waals surface area contributed by atoms with E-state index in [9.17, 15) is 9.59 Å². The number of ether oxygens (including phenoxy) is 1. The second-order valence-corrected chi connectivity index (χ2v) is 12.2. The Hall–Kier alpha value is -2.86. The van der Waals surface area contributed by atoms with E-state index in [1.54, 1.807) is 0 Å². The Morgan fingerprint density at radius 1 is 0.868 bits per heavy atom. The van der Waals surface area contributed by atoms with Gasteiger partial charge in [-0.1, -0.05) is 70.5 Å². The molecule has 1 fully saturated rings. The highest BCUT2D eigenvalue weighted by Crippen LogP contribution is 2.36. The van der Waals surface area contributed by atoms with Crippen LogP contribution in [-0.2, 0) is 14.3 Å². The van der Waals surface area contributed by atoms with Crippen molar-refractivity contribution in [1.29, 1.82) is 0 Å². The van der Waals surface area contributed by atoms with Gasteiger partial charge >= 0.3 is 5.97 Å². The minimum atomic E-state index is -0.597. The number of anilines is 2. The number of hydrogen-bond donors (Lipinski definition) is 2. The minimum Gasteiger partial charge on any atom is -0.459 e. The van der Waals surface area contributed by atoms with Crippen molar-refractivity contribution in [2.75, 3.05) is 23.7 Å². The Balaban J connectivity index is 1.95. The Morgan fingerprint density at radius 2 is 1.45 bits per heavy atom. The van der Waals surface area contributed by atoms with Crippen LogP contribution in [0, 0.1) is 0 Å². The molecule has 0 heterocycles. The summed E-state index contributed by atoms with van der Waals surface area (Å²) >= 11 is 0. The lowest BCUT2D eigenvalue weighted by molar-refractivity contribution is -0.158. The van der Waals surface area contributed by atoms with Gasteiger partial charge in [0.25, 0.3) is 0 Å². The number of amides is 1. The third kappa shape index (κ3) is 8.07. The standard InChI is InChI=1S/C32H47N3O3/c1-23(2)26-17-14-18-27(24(3)4)30(26)33-28(36)21-35(22-29(37)38-31(5,6)7)32(19-12-9-13-20-32)34-25-15-10-8-11-16-25/h8,10-11,14-18,23-24,34H,9,12-13,19-22H2,1-7H3,(H,33,36). The summed E-state index contributed by atoms with van der Waals surface area (Å²) in [4.78, 5) is 28.9. The molecule has 6 nitrogen and oxygen atoms in total. The maximum absolute atomic E-state index is 13.7. The van der Waals surface area contributed by atoms with Gasteiger partial charge in [-0.3, -0.25) is 14.5 Å². The van der Waals surface area contributed by atoms with E-state index in [-0.39, 0.29) is 36.8 Å². The number of carbonyl (C=O) groups is 2. The van der Waals surface area contributed by atoms with Crippen molar-refractivity contribution in [3.8, 4) is 0 Å². The highest BCUT2D eigenvalue weighted by molar-refractivity contribution is 5.94. The summed E-state index contributed by atoms with van der Waals surface area (Å²) in [6.45, 7) is 14.3. The molecule has 1 saturated carbocycles. The van der Waals surface area contributed by atoms with Gasteiger partial charge in [0.1, 0.15) is 5.60 Å². The van der Waals surface area contributed by atoms with Crippen LogP contribution in [0.15, 0.2) is 48.5 Å². The van der Waals surface area contributed by atoms with Crippen LogP contribution in [0.3, 0.4) is 0 Å². The third-order valence-electron chi connectivity index (χ3n) is 7.15. The summed E-state index contributed by atoms with van der Waals surface area (Å²) < 4.78 is 5.72. The lowest BCUT2D eigenvalue weighted by Crippen LogP contribution is -2.59. The molecule has 0 radical (unpaired) electrons. The van der Waals surface area contributed by atoms with E-state index >= 15 is 0 Å². The van der Waals surface area contributed by atoms with Crippen LogP contribution in [0.5, 0.6) is 0 Å². The fourth-order valence-corrected chi connectivity index (χ4v) is 5.38. The Labute approximate surface area is 229 Å². The van der Waals surface area contributed by atoms with Gasteiger partial charge in [-0.25, -0.2) is 0 Å². The largest absolute Gasteiger partial charge is 0.459 e. The second-order valence-electron chi connectivity index (χ2n) is 12.2. The maximum Gasteiger partial charge on any atom is 0.320 e. The second kappa shape index (κ2) is 12.8. The lowest BCUT2D eigenvalue weighted by atomic mass is 9.86. The van der Waals surface area contributed by atoms with E-state index in [0.29, 0.717) is 0 Å². The first-order chi connectivity index (χ1) is 17.9. The van der Waals surface area contributed by atoms with Crippen LogP contribution in [0.25, 0.3) is 0 Å². The summed E-state index contributed by atoms with van der Waals surface area (Å²) in [5, 5.41) is 6.98. The molecule has 3 rings (SSSR count). The molecule has 0 bridgehead atoms. The van der Waals surface area contributed by atoms with Gasteiger partial charge in [0.15, 0.2) is 0 Å². The highest BCUT2D eigenvalue weighted by atomic mass is 16.6. The van der Waals surface area contributed by atoms with E-state index in [1.165, 1.54) is 0 Å². The molecule has 0 saturated heterocycles. The Morgan fingerprint density at radius 3 is 1.97 bits per heavy atom. The number of benzene rings is 2. The molecule has 2 N–H and O–H groups in total. The number of hydrogen-bond acceptors (Lipinski definition) is 5. The lowest BCUT2D eigenvalue weighted by Gasteiger charge is -2.47. The molecule has 6 heteroatoms. The van der Waals surface area contributed by atoms with E-state index in [4.69, 9.17) is 4.74 Å². The van der Waals surface area contributed by atoms with E-state index in [0.717, 1.165) is 54.6 Å². The first kappa shape index (κ1) is 29.7. The minimum absolute atomic E-state index is 0.0351. The first-order valence-electron chi connectivity index (χ1n) is 14.1. The molecule has 38 heavy (non-hydrogen) atoms. The summed E-state index contributed by atoms with van der Waals surface area (Å²) in [6.07, 6.45) is 4.89. The average Bonchev–Trinajstić information content (AvgIpc) is 2.83. The topological polar surface area (TPSA) is 70.7 Å². The van der Waals surface area contributed by atoms with Crippen molar-refractivity contribution in [2.24, 2.45) is 0 Å². The van der Waals surface area contributed by atoms with Crippen molar-refractivity contribution in [3.05, 3.63) is 59.7 Å². The highest BCUT2D eigenvalue weighted by Gasteiger charge is 2.40. The fourth-order valence-electron chi connectivity index (χ4n) is 5.38. The number of carbonyl (C=O) groups excluding carboxylic acids is 2. The van der Waals surface area contributed by atoms with E-state index < -0.39 is 11.3 Å². The van der Waals surface area contributed by atoms with Gasteiger partial charge in [-0.05, 0) is 81.5 Å². The number of nitrogens with one attached hydrogen (secondary N) is 2. The quantitative estimate of drug-likeness (QED) is 0.254. The van der Waals surface area contributed by atoms with Crippen molar-refractivity contribution >= 4 is 23.3 Å². The molecule has 0 spiro atoms. The zero-order chi connectivity index (χ0) is 27.9. The van der Waals surface area contributed by atoms with Crippen LogP contribution in [0.4, 0.5) is 11.4 Å². The number of rotatable bonds is 10. The Bertz CT molecular complexity index is 1040. The molecular formula is C32H47N3O3. The van der Waals surface area contributed by atoms with Crippen molar-refractivity contribution in [1.82, 2.24) is 4.90 Å². The molecule has 2 aromatic rings. The summed E-state index contributed by atoms with van der Waals surface area (Å²) in [6, 6.07) is 16.3. The molecule has 0 aromatic heterocycles. The molecule has 0 unspecified atom stereocenters. The molecule has 0 aliphatic heterocycles. The van der Waals surface area contributed by atoms with Gasteiger partial charge in [0, 0.05) is 11.4 Å². The first-order valence-corrected chi connectivity index (χ1v) is 14.1. The van der Waals surface area contributed by atoms with Crippen LogP contribution >= 0.6 is 0 Å². The SMILES string of the molecule is CC(C)c1cccc(C(C)C)c1NC(=O)CN(CC(=O)OC(C)(C)C)C1(Nc2ccccc2)CCCCC1.